The number of aromatic nitrogens is 6. The van der Waals surface area contributed by atoms with Crippen LogP contribution in [0.25, 0.3) is 55.8 Å². The third-order valence-electron chi connectivity index (χ3n) is 7.12. The van der Waals surface area contributed by atoms with Crippen molar-refractivity contribution in [3.8, 4) is 33.8 Å². The van der Waals surface area contributed by atoms with Gasteiger partial charge in [-0.25, -0.2) is 14.4 Å². The van der Waals surface area contributed by atoms with Gasteiger partial charge in [0.2, 0.25) is 5.91 Å². The molecule has 218 valence electrons. The van der Waals surface area contributed by atoms with Crippen molar-refractivity contribution in [3.63, 3.8) is 0 Å². The zero-order valence-electron chi connectivity index (χ0n) is 24.4. The third kappa shape index (κ3) is 5.93. The molecule has 0 bridgehead atoms. The van der Waals surface area contributed by atoms with Crippen LogP contribution in [0, 0.1) is 11.7 Å². The molecule has 0 aliphatic heterocycles. The smallest absolute Gasteiger partial charge is 0.226 e. The van der Waals surface area contributed by atoms with Crippen molar-refractivity contribution in [1.29, 1.82) is 0 Å². The van der Waals surface area contributed by atoms with Gasteiger partial charge in [-0.05, 0) is 73.8 Å². The minimum absolute atomic E-state index is 0.0821. The maximum Gasteiger partial charge on any atom is 0.226 e. The number of nitrogens with zero attached hydrogens (tertiary/aromatic N) is 5. The number of fused-ring (bicyclic) bond motifs is 2. The van der Waals surface area contributed by atoms with E-state index < -0.39 is 0 Å². The Bertz CT molecular complexity index is 1940. The lowest BCUT2D eigenvalue weighted by atomic mass is 10.0. The molecule has 6 aromatic rings. The van der Waals surface area contributed by atoms with Crippen LogP contribution in [0.1, 0.15) is 13.8 Å². The van der Waals surface area contributed by atoms with Gasteiger partial charge in [0.25, 0.3) is 0 Å². The quantitative estimate of drug-likeness (QED) is 0.168. The van der Waals surface area contributed by atoms with E-state index in [1.54, 1.807) is 18.6 Å². The molecule has 0 atom stereocenters. The molecular formula is C32H32FN9O. The summed E-state index contributed by atoms with van der Waals surface area (Å²) in [5, 5.41) is 14.7. The van der Waals surface area contributed by atoms with Crippen LogP contribution in [0.3, 0.4) is 0 Å². The molecule has 1 aromatic carbocycles. The molecule has 1 amide bonds. The molecule has 4 N–H and O–H groups in total. The van der Waals surface area contributed by atoms with Crippen molar-refractivity contribution in [2.24, 2.45) is 5.92 Å². The Balaban J connectivity index is 1.36. The molecule has 0 saturated carbocycles. The summed E-state index contributed by atoms with van der Waals surface area (Å²) in [6.07, 6.45) is 5.03. The van der Waals surface area contributed by atoms with Gasteiger partial charge in [0.1, 0.15) is 22.7 Å². The first kappa shape index (κ1) is 28.0. The molecule has 6 rings (SSSR count). The summed E-state index contributed by atoms with van der Waals surface area (Å²) in [4.78, 5) is 31.4. The van der Waals surface area contributed by atoms with E-state index in [4.69, 9.17) is 4.98 Å². The molecular weight excluding hydrogens is 545 g/mol. The van der Waals surface area contributed by atoms with E-state index in [2.05, 4.69) is 40.7 Å². The van der Waals surface area contributed by atoms with E-state index in [1.807, 2.05) is 64.3 Å². The second-order valence-electron chi connectivity index (χ2n) is 11.0. The van der Waals surface area contributed by atoms with Crippen LogP contribution >= 0.6 is 0 Å². The molecule has 0 aliphatic rings. The molecule has 5 heterocycles. The lowest BCUT2D eigenvalue weighted by molar-refractivity contribution is -0.118. The van der Waals surface area contributed by atoms with E-state index in [1.165, 1.54) is 12.1 Å². The van der Waals surface area contributed by atoms with Crippen LogP contribution in [-0.2, 0) is 4.79 Å². The van der Waals surface area contributed by atoms with Crippen LogP contribution in [-0.4, -0.2) is 68.1 Å². The monoisotopic (exact) mass is 577 g/mol. The van der Waals surface area contributed by atoms with Crippen molar-refractivity contribution in [2.75, 3.05) is 37.8 Å². The number of carbonyl (C=O) groups is 1. The van der Waals surface area contributed by atoms with Gasteiger partial charge >= 0.3 is 0 Å². The molecule has 0 fully saturated rings. The van der Waals surface area contributed by atoms with Crippen LogP contribution in [0.15, 0.2) is 67.1 Å². The minimum atomic E-state index is -0.317. The third-order valence-corrected chi connectivity index (χ3v) is 7.12. The highest BCUT2D eigenvalue weighted by Gasteiger charge is 2.17. The normalized spacial score (nSPS) is 11.6. The van der Waals surface area contributed by atoms with Gasteiger partial charge in [0.15, 0.2) is 0 Å². The Hall–Kier alpha value is -5.16. The van der Waals surface area contributed by atoms with Crippen LogP contribution in [0.5, 0.6) is 0 Å². The number of likely N-dealkylation sites (N-methyl/N-ethyl adjacent to an activating group) is 1. The summed E-state index contributed by atoms with van der Waals surface area (Å²) in [5.41, 5.74) is 7.81. The predicted molar refractivity (Wildman–Crippen MR) is 168 cm³/mol. The fraction of sp³-hybridized carbons (Fsp3) is 0.219. The zero-order chi connectivity index (χ0) is 30.1. The number of carbonyl (C=O) groups excluding carboxylic acids is 1. The average Bonchev–Trinajstić information content (AvgIpc) is 3.60. The van der Waals surface area contributed by atoms with Gasteiger partial charge in [-0.2, -0.15) is 5.10 Å². The first-order chi connectivity index (χ1) is 20.7. The number of benzene rings is 1. The number of hydrogen-bond acceptors (Lipinski definition) is 7. The van der Waals surface area contributed by atoms with E-state index in [-0.39, 0.29) is 17.6 Å². The summed E-state index contributed by atoms with van der Waals surface area (Å²) >= 11 is 0. The zero-order valence-corrected chi connectivity index (χ0v) is 24.4. The highest BCUT2D eigenvalue weighted by Crippen LogP contribution is 2.34. The standard InChI is InChI=1S/C32H32FN9O/c1-18(2)32(43)37-23-13-20(16-34-17-23)26-5-6-27-29(38-26)30(41-40-27)28-15-25-24(7-8-36-31(25)39-28)19-11-21(33)14-22(12-19)35-9-10-42(3)4/h5-8,11-18,35H,9-10H2,1-4H3,(H,36,39)(H,37,43)(H,40,41). The Labute approximate surface area is 247 Å². The molecule has 43 heavy (non-hydrogen) atoms. The maximum atomic E-state index is 14.7. The van der Waals surface area contributed by atoms with Gasteiger partial charge < -0.3 is 20.5 Å². The van der Waals surface area contributed by atoms with Crippen molar-refractivity contribution in [3.05, 3.63) is 72.9 Å². The first-order valence-corrected chi connectivity index (χ1v) is 14.0. The second kappa shape index (κ2) is 11.6. The Kier molecular flexibility index (Phi) is 7.56. The summed E-state index contributed by atoms with van der Waals surface area (Å²) in [6.45, 7) is 5.21. The molecule has 0 saturated heterocycles. The van der Waals surface area contributed by atoms with E-state index in [9.17, 15) is 9.18 Å². The molecule has 0 aliphatic carbocycles. The summed E-state index contributed by atoms with van der Waals surface area (Å²) < 4.78 is 14.7. The first-order valence-electron chi connectivity index (χ1n) is 14.0. The van der Waals surface area contributed by atoms with Gasteiger partial charge in [0.05, 0.1) is 28.8 Å². The number of amides is 1. The highest BCUT2D eigenvalue weighted by atomic mass is 19.1. The molecule has 5 aromatic heterocycles. The number of rotatable bonds is 9. The van der Waals surface area contributed by atoms with Crippen molar-refractivity contribution in [2.45, 2.75) is 13.8 Å². The molecule has 0 radical (unpaired) electrons. The van der Waals surface area contributed by atoms with Crippen molar-refractivity contribution < 1.29 is 9.18 Å². The minimum Gasteiger partial charge on any atom is -0.384 e. The van der Waals surface area contributed by atoms with Gasteiger partial charge in [-0.15, -0.1) is 0 Å². The summed E-state index contributed by atoms with van der Waals surface area (Å²) in [6, 6.07) is 14.5. The fourth-order valence-corrected chi connectivity index (χ4v) is 4.86. The number of pyridine rings is 3. The van der Waals surface area contributed by atoms with Crippen LogP contribution in [0.2, 0.25) is 0 Å². The van der Waals surface area contributed by atoms with Crippen LogP contribution in [0.4, 0.5) is 15.8 Å². The van der Waals surface area contributed by atoms with E-state index >= 15 is 0 Å². The molecule has 11 heteroatoms. The number of H-pyrrole nitrogens is 2. The number of hydrogen-bond donors (Lipinski definition) is 4. The SMILES string of the molecule is CC(C)C(=O)Nc1cncc(-c2ccc3[nH]nc(-c4cc5c(-c6cc(F)cc(NCCN(C)C)c6)ccnc5[nH]4)c3n2)c1. The van der Waals surface area contributed by atoms with Crippen LogP contribution < -0.4 is 10.6 Å². The number of aromatic amines is 2. The Morgan fingerprint density at radius 1 is 1.02 bits per heavy atom. The number of nitrogens with one attached hydrogen (secondary N) is 4. The lowest BCUT2D eigenvalue weighted by Gasteiger charge is -2.13. The largest absolute Gasteiger partial charge is 0.384 e. The Morgan fingerprint density at radius 2 is 1.86 bits per heavy atom. The Morgan fingerprint density at radius 3 is 2.67 bits per heavy atom. The maximum absolute atomic E-state index is 14.7. The fourth-order valence-electron chi connectivity index (χ4n) is 4.86. The second-order valence-corrected chi connectivity index (χ2v) is 11.0. The highest BCUT2D eigenvalue weighted by molar-refractivity contribution is 5.99. The van der Waals surface area contributed by atoms with Gasteiger partial charge in [-0.3, -0.25) is 14.9 Å². The van der Waals surface area contributed by atoms with Gasteiger partial charge in [-0.1, -0.05) is 13.8 Å². The van der Waals surface area contributed by atoms with Crippen molar-refractivity contribution in [1.82, 2.24) is 35.0 Å². The summed E-state index contributed by atoms with van der Waals surface area (Å²) in [5.74, 6) is -0.546. The average molecular weight is 578 g/mol. The topological polar surface area (TPSA) is 128 Å². The van der Waals surface area contributed by atoms with Gasteiger partial charge in [0, 0.05) is 48.0 Å². The lowest BCUT2D eigenvalue weighted by Crippen LogP contribution is -2.20. The number of halogens is 1. The molecule has 0 unspecified atom stereocenters. The molecule has 0 spiro atoms. The number of anilines is 2. The molecule has 10 nitrogen and oxygen atoms in total. The van der Waals surface area contributed by atoms with E-state index in [0.717, 1.165) is 45.5 Å². The van der Waals surface area contributed by atoms with Crippen molar-refractivity contribution >= 4 is 39.3 Å². The summed E-state index contributed by atoms with van der Waals surface area (Å²) in [7, 11) is 4.00. The predicted octanol–water partition coefficient (Wildman–Crippen LogP) is 5.94. The van der Waals surface area contributed by atoms with E-state index in [0.29, 0.717) is 34.8 Å².